The molecule has 0 radical (unpaired) electrons. The van der Waals surface area contributed by atoms with Gasteiger partial charge < -0.3 is 10.6 Å². The summed E-state index contributed by atoms with van der Waals surface area (Å²) in [5.41, 5.74) is 10.4. The highest BCUT2D eigenvalue weighted by molar-refractivity contribution is 5.98. The molecule has 0 aliphatic carbocycles. The molecule has 0 atom stereocenters. The second-order valence-corrected chi connectivity index (χ2v) is 9.20. The lowest BCUT2D eigenvalue weighted by molar-refractivity contribution is 0.0993. The Balaban J connectivity index is 0.00000320. The largest absolute Gasteiger partial charge is 0.398 e. The molecule has 0 saturated carbocycles. The molecule has 1 heterocycles. The Morgan fingerprint density at radius 3 is 2.30 bits per heavy atom. The molecule has 1 aliphatic heterocycles. The molecule has 1 saturated heterocycles. The molecule has 0 spiro atoms. The normalized spacial score (nSPS) is 14.9. The summed E-state index contributed by atoms with van der Waals surface area (Å²) in [5.74, 6) is -0.404. The highest BCUT2D eigenvalue weighted by Crippen LogP contribution is 2.24. The first-order valence-corrected chi connectivity index (χ1v) is 10.3. The molecule has 3 nitrogen and oxygen atoms in total. The van der Waals surface area contributed by atoms with Crippen molar-refractivity contribution in [2.75, 3.05) is 25.4 Å². The van der Waals surface area contributed by atoms with Gasteiger partial charge in [-0.3, -0.25) is 4.79 Å². The van der Waals surface area contributed by atoms with E-state index in [1.54, 1.807) is 6.07 Å². The fourth-order valence-corrected chi connectivity index (χ4v) is 3.82. The number of nitrogens with two attached hydrogens (primary N) is 1. The summed E-state index contributed by atoms with van der Waals surface area (Å²) in [6.07, 6.45) is 4.62. The number of rotatable bonds is 5. The van der Waals surface area contributed by atoms with Gasteiger partial charge in [0.25, 0.3) is 0 Å². The van der Waals surface area contributed by atoms with Crippen molar-refractivity contribution >= 4 is 30.0 Å². The van der Waals surface area contributed by atoms with Crippen LogP contribution in [-0.4, -0.2) is 30.3 Å². The molecular formula is C25H32ClFN2O. The second kappa shape index (κ2) is 10.2. The number of ketones is 1. The van der Waals surface area contributed by atoms with Gasteiger partial charge in [0, 0.05) is 37.3 Å². The first-order chi connectivity index (χ1) is 13.7. The molecule has 0 amide bonds. The molecule has 1 fully saturated rings. The molecular weight excluding hydrogens is 399 g/mol. The number of halogens is 2. The fourth-order valence-electron chi connectivity index (χ4n) is 3.82. The van der Waals surface area contributed by atoms with Crippen molar-refractivity contribution < 1.29 is 9.18 Å². The average molecular weight is 431 g/mol. The van der Waals surface area contributed by atoms with E-state index in [1.807, 2.05) is 24.3 Å². The van der Waals surface area contributed by atoms with Gasteiger partial charge in [-0.05, 0) is 41.5 Å². The number of carbonyl (C=O) groups excluding carboxylic acids is 1. The van der Waals surface area contributed by atoms with Gasteiger partial charge in [0.2, 0.25) is 0 Å². The number of nitrogen functional groups attached to an aromatic ring is 1. The summed E-state index contributed by atoms with van der Waals surface area (Å²) in [5, 5.41) is 0. The van der Waals surface area contributed by atoms with Gasteiger partial charge in [-0.15, -0.1) is 12.4 Å². The summed E-state index contributed by atoms with van der Waals surface area (Å²) in [4.78, 5) is 15.1. The number of nitrogens with zero attached hydrogens (tertiary/aromatic N) is 1. The predicted molar refractivity (Wildman–Crippen MR) is 126 cm³/mol. The van der Waals surface area contributed by atoms with Crippen molar-refractivity contribution in [1.29, 1.82) is 0 Å². The molecule has 0 unspecified atom stereocenters. The summed E-state index contributed by atoms with van der Waals surface area (Å²) in [7, 11) is 0. The van der Waals surface area contributed by atoms with E-state index in [0.29, 0.717) is 22.2 Å². The molecule has 30 heavy (non-hydrogen) atoms. The maximum absolute atomic E-state index is 13.2. The Labute approximate surface area is 185 Å². The van der Waals surface area contributed by atoms with Crippen LogP contribution in [-0.2, 0) is 6.42 Å². The van der Waals surface area contributed by atoms with Crippen LogP contribution in [0.25, 0.3) is 6.08 Å². The molecule has 2 N–H and O–H groups in total. The standard InChI is InChI=1S/C25H31FN2O.ClH/c1-25(2,3)17-28-12-10-19(11-13-28)14-18-4-6-20(7-5-18)24(29)15-21-8-9-22(26)16-23(21)27;/h4-9,14,16H,10-13,15,17,27H2,1-3H3;1H. The van der Waals surface area contributed by atoms with Crippen LogP contribution in [0.3, 0.4) is 0 Å². The van der Waals surface area contributed by atoms with Gasteiger partial charge in [0.05, 0.1) is 0 Å². The first-order valence-electron chi connectivity index (χ1n) is 10.3. The summed E-state index contributed by atoms with van der Waals surface area (Å²) in [6, 6.07) is 11.9. The maximum Gasteiger partial charge on any atom is 0.167 e. The van der Waals surface area contributed by atoms with Gasteiger partial charge in [-0.25, -0.2) is 4.39 Å². The third kappa shape index (κ3) is 6.96. The minimum atomic E-state index is -0.389. The molecule has 1 aliphatic rings. The van der Waals surface area contributed by atoms with Crippen LogP contribution in [0.4, 0.5) is 10.1 Å². The van der Waals surface area contributed by atoms with Gasteiger partial charge in [0.1, 0.15) is 5.82 Å². The van der Waals surface area contributed by atoms with E-state index in [4.69, 9.17) is 5.73 Å². The smallest absolute Gasteiger partial charge is 0.167 e. The van der Waals surface area contributed by atoms with Crippen LogP contribution >= 0.6 is 12.4 Å². The van der Waals surface area contributed by atoms with Gasteiger partial charge in [-0.1, -0.05) is 62.8 Å². The van der Waals surface area contributed by atoms with Crippen molar-refractivity contribution in [1.82, 2.24) is 4.90 Å². The van der Waals surface area contributed by atoms with E-state index in [0.717, 1.165) is 38.0 Å². The lowest BCUT2D eigenvalue weighted by Gasteiger charge is -2.33. The Bertz CT molecular complexity index is 890. The van der Waals surface area contributed by atoms with Crippen LogP contribution in [0.15, 0.2) is 48.0 Å². The summed E-state index contributed by atoms with van der Waals surface area (Å²) < 4.78 is 13.2. The number of benzene rings is 2. The monoisotopic (exact) mass is 430 g/mol. The first kappa shape index (κ1) is 24.1. The van der Waals surface area contributed by atoms with Gasteiger partial charge >= 0.3 is 0 Å². The van der Waals surface area contributed by atoms with Gasteiger partial charge in [0.15, 0.2) is 5.78 Å². The lowest BCUT2D eigenvalue weighted by Crippen LogP contribution is -2.37. The highest BCUT2D eigenvalue weighted by Gasteiger charge is 2.19. The average Bonchev–Trinajstić information content (AvgIpc) is 2.65. The van der Waals surface area contributed by atoms with Crippen LogP contribution in [0.1, 0.15) is 55.1 Å². The zero-order valence-electron chi connectivity index (χ0n) is 18.1. The Morgan fingerprint density at radius 1 is 1.10 bits per heavy atom. The number of Topliss-reactive ketones (excluding diaryl/α,β-unsaturated/α-hetero) is 1. The van der Waals surface area contributed by atoms with E-state index < -0.39 is 0 Å². The molecule has 0 bridgehead atoms. The number of carbonyl (C=O) groups is 1. The van der Waals surface area contributed by atoms with Crippen molar-refractivity contribution in [2.45, 2.75) is 40.0 Å². The van der Waals surface area contributed by atoms with Gasteiger partial charge in [-0.2, -0.15) is 0 Å². The number of hydrogen-bond acceptors (Lipinski definition) is 3. The molecule has 2 aromatic carbocycles. The lowest BCUT2D eigenvalue weighted by atomic mass is 9.93. The molecule has 5 heteroatoms. The van der Waals surface area contributed by atoms with Crippen molar-refractivity contribution in [3.63, 3.8) is 0 Å². The van der Waals surface area contributed by atoms with Crippen LogP contribution in [0, 0.1) is 11.2 Å². The van der Waals surface area contributed by atoms with Crippen LogP contribution in [0.2, 0.25) is 0 Å². The molecule has 2 aromatic rings. The maximum atomic E-state index is 13.2. The zero-order chi connectivity index (χ0) is 21.0. The van der Waals surface area contributed by atoms with Crippen LogP contribution < -0.4 is 5.73 Å². The predicted octanol–water partition coefficient (Wildman–Crippen LogP) is 5.78. The topological polar surface area (TPSA) is 46.3 Å². The Morgan fingerprint density at radius 2 is 1.73 bits per heavy atom. The fraction of sp³-hybridized carbons (Fsp3) is 0.400. The minimum Gasteiger partial charge on any atom is -0.398 e. The number of piperidine rings is 1. The summed E-state index contributed by atoms with van der Waals surface area (Å²) in [6.45, 7) is 10.2. The SMILES string of the molecule is CC(C)(C)CN1CCC(=Cc2ccc(C(=O)Cc3ccc(F)cc3N)cc2)CC1.Cl. The Hall–Kier alpha value is -2.17. The van der Waals surface area contributed by atoms with Crippen molar-refractivity contribution in [3.8, 4) is 0 Å². The van der Waals surface area contributed by atoms with E-state index in [9.17, 15) is 9.18 Å². The van der Waals surface area contributed by atoms with E-state index in [1.165, 1.54) is 17.7 Å². The zero-order valence-corrected chi connectivity index (χ0v) is 18.9. The number of hydrogen-bond donors (Lipinski definition) is 1. The van der Waals surface area contributed by atoms with E-state index >= 15 is 0 Å². The third-order valence-corrected chi connectivity index (χ3v) is 5.26. The Kier molecular flexibility index (Phi) is 8.22. The molecule has 3 rings (SSSR count). The highest BCUT2D eigenvalue weighted by atomic mass is 35.5. The minimum absolute atomic E-state index is 0. The molecule has 162 valence electrons. The number of anilines is 1. The quantitative estimate of drug-likeness (QED) is 0.483. The third-order valence-electron chi connectivity index (χ3n) is 5.26. The number of likely N-dealkylation sites (tertiary alicyclic amines) is 1. The van der Waals surface area contributed by atoms with Crippen molar-refractivity contribution in [2.24, 2.45) is 5.41 Å². The van der Waals surface area contributed by atoms with Crippen LogP contribution in [0.5, 0.6) is 0 Å². The summed E-state index contributed by atoms with van der Waals surface area (Å²) >= 11 is 0. The molecule has 0 aromatic heterocycles. The van der Waals surface area contributed by atoms with E-state index in [-0.39, 0.29) is 30.4 Å². The second-order valence-electron chi connectivity index (χ2n) is 9.20. The van der Waals surface area contributed by atoms with Crippen molar-refractivity contribution in [3.05, 3.63) is 70.5 Å². The van der Waals surface area contributed by atoms with E-state index in [2.05, 4.69) is 31.7 Å².